The molecular weight excluding hydrogens is 277 g/mol. The summed E-state index contributed by atoms with van der Waals surface area (Å²) >= 11 is 1.23. The molecule has 0 saturated heterocycles. The number of hydrogen-bond donors (Lipinski definition) is 2. The molecule has 0 amide bonds. The van der Waals surface area contributed by atoms with Crippen molar-refractivity contribution in [1.29, 1.82) is 0 Å². The van der Waals surface area contributed by atoms with Gasteiger partial charge in [0.05, 0.1) is 16.2 Å². The van der Waals surface area contributed by atoms with E-state index < -0.39 is 17.3 Å². The smallest absolute Gasteiger partial charge is 0.387 e. The van der Waals surface area contributed by atoms with Gasteiger partial charge in [0.15, 0.2) is 0 Å². The summed E-state index contributed by atoms with van der Waals surface area (Å²) in [5, 5.41) is 10.7. The molecule has 1 heterocycles. The molecular formula is C12H15F3N2OS. The number of hydrogen-bond acceptors (Lipinski definition) is 4. The van der Waals surface area contributed by atoms with Gasteiger partial charge in [-0.05, 0) is 30.9 Å². The molecule has 1 saturated carbocycles. The Balaban J connectivity index is 1.96. The van der Waals surface area contributed by atoms with E-state index in [1.54, 1.807) is 0 Å². The third-order valence-corrected chi connectivity index (χ3v) is 4.41. The first kappa shape index (κ1) is 14.6. The van der Waals surface area contributed by atoms with Crippen LogP contribution in [-0.2, 0) is 6.18 Å². The Bertz CT molecular complexity index is 434. The fraction of sp³-hybridized carbons (Fsp3) is 0.583. The third-order valence-electron chi connectivity index (χ3n) is 3.22. The number of nitrogens with zero attached hydrogens (tertiary/aromatic N) is 1. The Morgan fingerprint density at radius 2 is 2.05 bits per heavy atom. The number of nitrogens with two attached hydrogens (primary N) is 1. The Morgan fingerprint density at radius 1 is 1.37 bits per heavy atom. The number of thioether (sulfide) groups is 1. The first-order valence-corrected chi connectivity index (χ1v) is 6.92. The van der Waals surface area contributed by atoms with E-state index in [-0.39, 0.29) is 12.5 Å². The van der Waals surface area contributed by atoms with Crippen LogP contribution in [-0.4, -0.2) is 28.0 Å². The molecule has 106 valence electrons. The van der Waals surface area contributed by atoms with Crippen LogP contribution in [0.3, 0.4) is 0 Å². The van der Waals surface area contributed by atoms with E-state index >= 15 is 0 Å². The predicted octanol–water partition coefficient (Wildman–Crippen LogP) is 2.29. The molecule has 0 aromatic carbocycles. The lowest BCUT2D eigenvalue weighted by atomic mass is 10.0. The largest absolute Gasteiger partial charge is 0.417 e. The fourth-order valence-electron chi connectivity index (χ4n) is 1.80. The number of aromatic nitrogens is 1. The molecule has 1 aliphatic rings. The highest BCUT2D eigenvalue weighted by Gasteiger charge is 2.42. The second kappa shape index (κ2) is 5.30. The molecule has 1 aromatic heterocycles. The molecule has 7 heteroatoms. The van der Waals surface area contributed by atoms with Crippen molar-refractivity contribution in [3.63, 3.8) is 0 Å². The number of rotatable bonds is 5. The summed E-state index contributed by atoms with van der Waals surface area (Å²) in [5.41, 5.74) is 3.86. The number of aliphatic hydroxyl groups is 1. The van der Waals surface area contributed by atoms with E-state index in [0.29, 0.717) is 10.8 Å². The maximum Gasteiger partial charge on any atom is 0.417 e. The summed E-state index contributed by atoms with van der Waals surface area (Å²) in [6.07, 6.45) is -1.66. The zero-order valence-electron chi connectivity index (χ0n) is 10.2. The second-order valence-corrected chi connectivity index (χ2v) is 5.75. The van der Waals surface area contributed by atoms with E-state index in [1.807, 2.05) is 0 Å². The van der Waals surface area contributed by atoms with Crippen LogP contribution in [0.25, 0.3) is 0 Å². The van der Waals surface area contributed by atoms with Gasteiger partial charge < -0.3 is 10.8 Å². The molecule has 1 fully saturated rings. The molecule has 0 radical (unpaired) electrons. The van der Waals surface area contributed by atoms with Crippen LogP contribution in [0.5, 0.6) is 0 Å². The highest BCUT2D eigenvalue weighted by molar-refractivity contribution is 7.99. The molecule has 19 heavy (non-hydrogen) atoms. The van der Waals surface area contributed by atoms with E-state index in [9.17, 15) is 18.3 Å². The normalized spacial score (nSPS) is 19.2. The summed E-state index contributed by atoms with van der Waals surface area (Å²) in [5.74, 6) is 0.562. The average Bonchev–Trinajstić information content (AvgIpc) is 3.20. The highest BCUT2D eigenvalue weighted by Crippen LogP contribution is 2.41. The maximum absolute atomic E-state index is 12.4. The van der Waals surface area contributed by atoms with Gasteiger partial charge in [0.25, 0.3) is 0 Å². The van der Waals surface area contributed by atoms with Crippen molar-refractivity contribution in [1.82, 2.24) is 4.98 Å². The van der Waals surface area contributed by atoms with Crippen LogP contribution in [0.2, 0.25) is 0 Å². The lowest BCUT2D eigenvalue weighted by molar-refractivity contribution is -0.137. The molecule has 3 N–H and O–H groups in total. The van der Waals surface area contributed by atoms with Crippen molar-refractivity contribution in [2.75, 3.05) is 12.3 Å². The van der Waals surface area contributed by atoms with Crippen molar-refractivity contribution in [2.24, 2.45) is 11.7 Å². The van der Waals surface area contributed by atoms with Crippen molar-refractivity contribution in [2.45, 2.75) is 29.6 Å². The minimum atomic E-state index is -4.37. The van der Waals surface area contributed by atoms with Gasteiger partial charge in [0.2, 0.25) is 0 Å². The van der Waals surface area contributed by atoms with E-state index in [4.69, 9.17) is 5.73 Å². The van der Waals surface area contributed by atoms with Gasteiger partial charge in [-0.25, -0.2) is 4.98 Å². The summed E-state index contributed by atoms with van der Waals surface area (Å²) < 4.78 is 37.1. The van der Waals surface area contributed by atoms with Crippen LogP contribution in [0.15, 0.2) is 23.4 Å². The van der Waals surface area contributed by atoms with E-state index in [2.05, 4.69) is 4.98 Å². The van der Waals surface area contributed by atoms with Crippen molar-refractivity contribution >= 4 is 11.8 Å². The highest BCUT2D eigenvalue weighted by atomic mass is 32.2. The maximum atomic E-state index is 12.4. The van der Waals surface area contributed by atoms with Gasteiger partial charge in [0, 0.05) is 18.5 Å². The lowest BCUT2D eigenvalue weighted by Gasteiger charge is -2.25. The van der Waals surface area contributed by atoms with Crippen LogP contribution in [0, 0.1) is 5.92 Å². The quantitative estimate of drug-likeness (QED) is 0.818. The zero-order chi connectivity index (χ0) is 14.1. The van der Waals surface area contributed by atoms with Crippen molar-refractivity contribution < 1.29 is 18.3 Å². The van der Waals surface area contributed by atoms with E-state index in [1.165, 1.54) is 17.8 Å². The van der Waals surface area contributed by atoms with Crippen LogP contribution >= 0.6 is 11.8 Å². The van der Waals surface area contributed by atoms with Gasteiger partial charge in [-0.2, -0.15) is 13.2 Å². The van der Waals surface area contributed by atoms with Gasteiger partial charge in [-0.3, -0.25) is 0 Å². The Hall–Kier alpha value is -0.790. The molecule has 1 unspecified atom stereocenters. The minimum Gasteiger partial charge on any atom is -0.387 e. The Kier molecular flexibility index (Phi) is 4.08. The monoisotopic (exact) mass is 292 g/mol. The van der Waals surface area contributed by atoms with Gasteiger partial charge in [0.1, 0.15) is 0 Å². The first-order valence-electron chi connectivity index (χ1n) is 5.94. The summed E-state index contributed by atoms with van der Waals surface area (Å²) in [6, 6.07) is 2.31. The molecule has 2 rings (SSSR count). The molecule has 1 aromatic rings. The molecule has 3 nitrogen and oxygen atoms in total. The fourth-order valence-corrected chi connectivity index (χ4v) is 2.84. The van der Waals surface area contributed by atoms with Gasteiger partial charge >= 0.3 is 6.18 Å². The average molecular weight is 292 g/mol. The molecule has 1 aliphatic carbocycles. The molecule has 1 atom stereocenters. The topological polar surface area (TPSA) is 59.1 Å². The standard InChI is InChI=1S/C12H15F3N2OS/c13-12(14,15)9-3-4-10(17-5-9)19-7-11(18,6-16)8-1-2-8/h3-5,8,18H,1-2,6-7,16H2. The Morgan fingerprint density at radius 3 is 2.47 bits per heavy atom. The van der Waals surface area contributed by atoms with Crippen LogP contribution < -0.4 is 5.73 Å². The van der Waals surface area contributed by atoms with Crippen LogP contribution in [0.1, 0.15) is 18.4 Å². The number of alkyl halides is 3. The molecule has 0 bridgehead atoms. The lowest BCUT2D eigenvalue weighted by Crippen LogP contribution is -2.42. The first-order chi connectivity index (χ1) is 8.85. The van der Waals surface area contributed by atoms with Crippen molar-refractivity contribution in [3.8, 4) is 0 Å². The molecule has 0 spiro atoms. The SMILES string of the molecule is NCC(O)(CSc1ccc(C(F)(F)F)cn1)C1CC1. The summed E-state index contributed by atoms with van der Waals surface area (Å²) in [6.45, 7) is 0.158. The van der Waals surface area contributed by atoms with Crippen molar-refractivity contribution in [3.05, 3.63) is 23.9 Å². The summed E-state index contributed by atoms with van der Waals surface area (Å²) in [4.78, 5) is 3.75. The summed E-state index contributed by atoms with van der Waals surface area (Å²) in [7, 11) is 0. The molecule has 0 aliphatic heterocycles. The van der Waals surface area contributed by atoms with E-state index in [0.717, 1.165) is 25.1 Å². The second-order valence-electron chi connectivity index (χ2n) is 4.75. The van der Waals surface area contributed by atoms with Crippen LogP contribution in [0.4, 0.5) is 13.2 Å². The minimum absolute atomic E-state index is 0.158. The zero-order valence-corrected chi connectivity index (χ0v) is 11.0. The number of pyridine rings is 1. The van der Waals surface area contributed by atoms with Gasteiger partial charge in [-0.1, -0.05) is 0 Å². The van der Waals surface area contributed by atoms with Gasteiger partial charge in [-0.15, -0.1) is 11.8 Å². The predicted molar refractivity (Wildman–Crippen MR) is 66.7 cm³/mol. The Labute approximate surface area is 113 Å². The number of halogens is 3. The third kappa shape index (κ3) is 3.61.